The van der Waals surface area contributed by atoms with Crippen LogP contribution in [0.15, 0.2) is 30.3 Å². The van der Waals surface area contributed by atoms with Gasteiger partial charge in [-0.25, -0.2) is 0 Å². The summed E-state index contributed by atoms with van der Waals surface area (Å²) in [6.07, 6.45) is 1.22. The standard InChI is InChI=1S/C12H17NS/c1-13-12-9-14-8-11(12)7-10-5-3-2-4-6-10/h2-6,11-13H,7-9H2,1H3. The van der Waals surface area contributed by atoms with Crippen LogP contribution in [-0.4, -0.2) is 24.6 Å². The van der Waals surface area contributed by atoms with Gasteiger partial charge in [0.05, 0.1) is 0 Å². The summed E-state index contributed by atoms with van der Waals surface area (Å²) in [5, 5.41) is 3.41. The Labute approximate surface area is 90.3 Å². The lowest BCUT2D eigenvalue weighted by atomic mass is 9.95. The van der Waals surface area contributed by atoms with Crippen molar-refractivity contribution in [3.8, 4) is 0 Å². The number of nitrogens with one attached hydrogen (secondary N) is 1. The Bertz CT molecular complexity index is 273. The number of benzene rings is 1. The Morgan fingerprint density at radius 2 is 2.07 bits per heavy atom. The van der Waals surface area contributed by atoms with Crippen LogP contribution in [0.1, 0.15) is 5.56 Å². The summed E-state index contributed by atoms with van der Waals surface area (Å²) >= 11 is 2.07. The van der Waals surface area contributed by atoms with Gasteiger partial charge in [0.25, 0.3) is 0 Å². The minimum absolute atomic E-state index is 0.709. The molecule has 1 nitrogen and oxygen atoms in total. The van der Waals surface area contributed by atoms with E-state index in [9.17, 15) is 0 Å². The number of hydrogen-bond acceptors (Lipinski definition) is 2. The second-order valence-corrected chi connectivity index (χ2v) is 4.96. The molecule has 2 heteroatoms. The Morgan fingerprint density at radius 1 is 1.29 bits per heavy atom. The molecule has 2 atom stereocenters. The van der Waals surface area contributed by atoms with E-state index in [1.165, 1.54) is 23.5 Å². The van der Waals surface area contributed by atoms with Gasteiger partial charge in [0.2, 0.25) is 0 Å². The summed E-state index contributed by atoms with van der Waals surface area (Å²) in [7, 11) is 2.08. The molecule has 1 aliphatic heterocycles. The number of rotatable bonds is 3. The van der Waals surface area contributed by atoms with Crippen LogP contribution in [-0.2, 0) is 6.42 Å². The Balaban J connectivity index is 1.97. The summed E-state index contributed by atoms with van der Waals surface area (Å²) in [6.45, 7) is 0. The summed E-state index contributed by atoms with van der Waals surface area (Å²) < 4.78 is 0. The molecular weight excluding hydrogens is 190 g/mol. The van der Waals surface area contributed by atoms with E-state index in [2.05, 4.69) is 54.5 Å². The lowest BCUT2D eigenvalue weighted by molar-refractivity contribution is 0.453. The largest absolute Gasteiger partial charge is 0.316 e. The Kier molecular flexibility index (Phi) is 3.49. The van der Waals surface area contributed by atoms with Gasteiger partial charge >= 0.3 is 0 Å². The van der Waals surface area contributed by atoms with Gasteiger partial charge in [0, 0.05) is 11.8 Å². The van der Waals surface area contributed by atoms with E-state index in [4.69, 9.17) is 0 Å². The van der Waals surface area contributed by atoms with Crippen molar-refractivity contribution in [2.24, 2.45) is 5.92 Å². The topological polar surface area (TPSA) is 12.0 Å². The van der Waals surface area contributed by atoms with E-state index in [0.29, 0.717) is 6.04 Å². The van der Waals surface area contributed by atoms with Crippen molar-refractivity contribution < 1.29 is 0 Å². The number of thioether (sulfide) groups is 1. The quantitative estimate of drug-likeness (QED) is 0.815. The van der Waals surface area contributed by atoms with Crippen LogP contribution in [0.5, 0.6) is 0 Å². The van der Waals surface area contributed by atoms with Crippen LogP contribution < -0.4 is 5.32 Å². The smallest absolute Gasteiger partial charge is 0.0194 e. The summed E-state index contributed by atoms with van der Waals surface area (Å²) in [5.74, 6) is 3.39. The second-order valence-electron chi connectivity index (χ2n) is 3.88. The zero-order chi connectivity index (χ0) is 9.80. The highest BCUT2D eigenvalue weighted by Crippen LogP contribution is 2.26. The first kappa shape index (κ1) is 10.1. The Hall–Kier alpha value is -0.470. The average molecular weight is 207 g/mol. The third kappa shape index (κ3) is 2.31. The van der Waals surface area contributed by atoms with E-state index in [1.807, 2.05) is 0 Å². The predicted molar refractivity (Wildman–Crippen MR) is 63.8 cm³/mol. The molecular formula is C12H17NS. The van der Waals surface area contributed by atoms with Crippen molar-refractivity contribution >= 4 is 11.8 Å². The molecule has 1 aromatic carbocycles. The highest BCUT2D eigenvalue weighted by molar-refractivity contribution is 7.99. The SMILES string of the molecule is CNC1CSCC1Cc1ccccc1. The van der Waals surface area contributed by atoms with E-state index in [-0.39, 0.29) is 0 Å². The van der Waals surface area contributed by atoms with Crippen molar-refractivity contribution in [3.63, 3.8) is 0 Å². The van der Waals surface area contributed by atoms with Crippen molar-refractivity contribution in [1.82, 2.24) is 5.32 Å². The van der Waals surface area contributed by atoms with Crippen molar-refractivity contribution in [1.29, 1.82) is 0 Å². The number of hydrogen-bond donors (Lipinski definition) is 1. The average Bonchev–Trinajstić information content (AvgIpc) is 2.67. The molecule has 2 unspecified atom stereocenters. The fourth-order valence-corrected chi connectivity index (χ4v) is 3.52. The van der Waals surface area contributed by atoms with E-state index < -0.39 is 0 Å². The van der Waals surface area contributed by atoms with Crippen LogP contribution in [0, 0.1) is 5.92 Å². The molecule has 1 aromatic rings. The summed E-state index contributed by atoms with van der Waals surface area (Å²) in [4.78, 5) is 0. The van der Waals surface area contributed by atoms with Gasteiger partial charge < -0.3 is 5.32 Å². The van der Waals surface area contributed by atoms with Crippen molar-refractivity contribution in [3.05, 3.63) is 35.9 Å². The van der Waals surface area contributed by atoms with Crippen LogP contribution in [0.4, 0.5) is 0 Å². The van der Waals surface area contributed by atoms with E-state index in [0.717, 1.165) is 5.92 Å². The van der Waals surface area contributed by atoms with Crippen LogP contribution >= 0.6 is 11.8 Å². The maximum absolute atomic E-state index is 3.41. The van der Waals surface area contributed by atoms with Gasteiger partial charge in [-0.2, -0.15) is 11.8 Å². The van der Waals surface area contributed by atoms with Gasteiger partial charge in [-0.1, -0.05) is 30.3 Å². The van der Waals surface area contributed by atoms with E-state index in [1.54, 1.807) is 0 Å². The van der Waals surface area contributed by atoms with Crippen LogP contribution in [0.2, 0.25) is 0 Å². The second kappa shape index (κ2) is 4.85. The minimum atomic E-state index is 0.709. The van der Waals surface area contributed by atoms with Crippen molar-refractivity contribution in [2.75, 3.05) is 18.6 Å². The van der Waals surface area contributed by atoms with Gasteiger partial charge in [-0.15, -0.1) is 0 Å². The molecule has 0 bridgehead atoms. The highest BCUT2D eigenvalue weighted by Gasteiger charge is 2.26. The van der Waals surface area contributed by atoms with Gasteiger partial charge in [-0.05, 0) is 30.7 Å². The lowest BCUT2D eigenvalue weighted by Crippen LogP contribution is -2.33. The third-order valence-corrected chi connectivity index (χ3v) is 4.17. The zero-order valence-corrected chi connectivity index (χ0v) is 9.39. The third-order valence-electron chi connectivity index (χ3n) is 2.91. The van der Waals surface area contributed by atoms with Gasteiger partial charge in [-0.3, -0.25) is 0 Å². The van der Waals surface area contributed by atoms with Gasteiger partial charge in [0.15, 0.2) is 0 Å². The maximum Gasteiger partial charge on any atom is 0.0194 e. The monoisotopic (exact) mass is 207 g/mol. The predicted octanol–water partition coefficient (Wildman–Crippen LogP) is 2.18. The Morgan fingerprint density at radius 3 is 2.79 bits per heavy atom. The molecule has 0 spiro atoms. The summed E-state index contributed by atoms with van der Waals surface area (Å²) in [5.41, 5.74) is 1.47. The molecule has 0 saturated carbocycles. The van der Waals surface area contributed by atoms with Crippen LogP contribution in [0.25, 0.3) is 0 Å². The molecule has 1 aliphatic rings. The minimum Gasteiger partial charge on any atom is -0.316 e. The molecule has 1 N–H and O–H groups in total. The zero-order valence-electron chi connectivity index (χ0n) is 8.57. The molecule has 1 saturated heterocycles. The first-order chi connectivity index (χ1) is 6.90. The van der Waals surface area contributed by atoms with Crippen LogP contribution in [0.3, 0.4) is 0 Å². The highest BCUT2D eigenvalue weighted by atomic mass is 32.2. The fraction of sp³-hybridized carbons (Fsp3) is 0.500. The molecule has 1 heterocycles. The molecule has 0 aromatic heterocycles. The molecule has 0 radical (unpaired) electrons. The fourth-order valence-electron chi connectivity index (χ4n) is 2.04. The summed E-state index contributed by atoms with van der Waals surface area (Å²) in [6, 6.07) is 11.5. The first-order valence-corrected chi connectivity index (χ1v) is 6.34. The molecule has 0 amide bonds. The van der Waals surface area contributed by atoms with Crippen molar-refractivity contribution in [2.45, 2.75) is 12.5 Å². The molecule has 2 rings (SSSR count). The molecule has 14 heavy (non-hydrogen) atoms. The lowest BCUT2D eigenvalue weighted by Gasteiger charge is -2.17. The molecule has 76 valence electrons. The van der Waals surface area contributed by atoms with E-state index >= 15 is 0 Å². The van der Waals surface area contributed by atoms with Gasteiger partial charge in [0.1, 0.15) is 0 Å². The first-order valence-electron chi connectivity index (χ1n) is 5.19. The molecule has 1 fully saturated rings. The normalized spacial score (nSPS) is 26.6. The molecule has 0 aliphatic carbocycles. The maximum atomic E-state index is 3.41.